The second-order valence-electron chi connectivity index (χ2n) is 5.84. The first kappa shape index (κ1) is 17.8. The Morgan fingerprint density at radius 1 is 0.821 bits per heavy atom. The Kier molecular flexibility index (Phi) is 5.31. The molecule has 0 fully saturated rings. The number of para-hydroxylation sites is 3. The largest absolute Gasteiger partial charge is 0.455 e. The van der Waals surface area contributed by atoms with Crippen molar-refractivity contribution in [1.29, 1.82) is 0 Å². The molecule has 0 saturated heterocycles. The number of ether oxygens (including phenoxy) is 1. The molecular weight excluding hydrogens is 374 g/mol. The molecule has 4 rings (SSSR count). The molecule has 0 amide bonds. The smallest absolute Gasteiger partial charge is 0.249 e. The Balaban J connectivity index is 1.53. The fourth-order valence-corrected chi connectivity index (χ4v) is 2.72. The van der Waals surface area contributed by atoms with Gasteiger partial charge in [0.25, 0.3) is 0 Å². The van der Waals surface area contributed by atoms with E-state index in [1.807, 2.05) is 72.8 Å². The molecule has 0 saturated carbocycles. The summed E-state index contributed by atoms with van der Waals surface area (Å²) in [5.74, 6) is 2.29. The maximum absolute atomic E-state index is 6.02. The van der Waals surface area contributed by atoms with Gasteiger partial charge in [-0.05, 0) is 42.5 Å². The maximum atomic E-state index is 6.02. The topological polar surface area (TPSA) is 72.0 Å². The molecular formula is C21H16ClN5O. The molecule has 138 valence electrons. The van der Waals surface area contributed by atoms with Gasteiger partial charge in [0.2, 0.25) is 5.95 Å². The number of anilines is 4. The summed E-state index contributed by atoms with van der Waals surface area (Å²) in [7, 11) is 0. The monoisotopic (exact) mass is 389 g/mol. The highest BCUT2D eigenvalue weighted by Crippen LogP contribution is 2.30. The lowest BCUT2D eigenvalue weighted by molar-refractivity contribution is 0.485. The average Bonchev–Trinajstić information content (AvgIpc) is 2.71. The van der Waals surface area contributed by atoms with E-state index in [0.29, 0.717) is 22.5 Å². The van der Waals surface area contributed by atoms with Crippen LogP contribution in [0.4, 0.5) is 23.1 Å². The van der Waals surface area contributed by atoms with Crippen LogP contribution in [0.3, 0.4) is 0 Å². The van der Waals surface area contributed by atoms with E-state index in [9.17, 15) is 0 Å². The van der Waals surface area contributed by atoms with E-state index < -0.39 is 0 Å². The number of nitrogens with zero attached hydrogens (tertiary/aromatic N) is 3. The molecule has 0 aliphatic heterocycles. The van der Waals surface area contributed by atoms with Gasteiger partial charge in [-0.15, -0.1) is 5.10 Å². The molecule has 3 aromatic carbocycles. The number of hydrogen-bond acceptors (Lipinski definition) is 6. The van der Waals surface area contributed by atoms with Crippen LogP contribution in [0.15, 0.2) is 85.1 Å². The molecule has 0 aliphatic carbocycles. The first-order valence-electron chi connectivity index (χ1n) is 8.57. The third-order valence-electron chi connectivity index (χ3n) is 3.76. The number of hydrogen-bond donors (Lipinski definition) is 2. The van der Waals surface area contributed by atoms with Gasteiger partial charge in [0.1, 0.15) is 5.75 Å². The van der Waals surface area contributed by atoms with Crippen LogP contribution in [0, 0.1) is 0 Å². The summed E-state index contributed by atoms with van der Waals surface area (Å²) in [6.07, 6.45) is 1.54. The van der Waals surface area contributed by atoms with Gasteiger partial charge >= 0.3 is 0 Å². The van der Waals surface area contributed by atoms with Crippen molar-refractivity contribution < 1.29 is 4.74 Å². The molecule has 0 atom stereocenters. The van der Waals surface area contributed by atoms with Crippen molar-refractivity contribution >= 4 is 34.7 Å². The van der Waals surface area contributed by atoms with Crippen molar-refractivity contribution in [3.63, 3.8) is 0 Å². The number of benzene rings is 3. The Bertz CT molecular complexity index is 1070. The summed E-state index contributed by atoms with van der Waals surface area (Å²) in [6.45, 7) is 0. The normalized spacial score (nSPS) is 10.3. The summed E-state index contributed by atoms with van der Waals surface area (Å²) in [5, 5.41) is 15.0. The lowest BCUT2D eigenvalue weighted by Crippen LogP contribution is -2.03. The van der Waals surface area contributed by atoms with Crippen molar-refractivity contribution in [2.24, 2.45) is 0 Å². The second kappa shape index (κ2) is 8.37. The molecule has 0 radical (unpaired) electrons. The molecule has 6 nitrogen and oxygen atoms in total. The molecule has 0 aliphatic rings. The van der Waals surface area contributed by atoms with Gasteiger partial charge in [-0.1, -0.05) is 48.0 Å². The van der Waals surface area contributed by atoms with Crippen molar-refractivity contribution in [2.75, 3.05) is 10.6 Å². The van der Waals surface area contributed by atoms with E-state index in [1.165, 1.54) is 0 Å². The minimum Gasteiger partial charge on any atom is -0.455 e. The average molecular weight is 390 g/mol. The van der Waals surface area contributed by atoms with Crippen LogP contribution in [0.1, 0.15) is 0 Å². The second-order valence-corrected chi connectivity index (χ2v) is 6.27. The summed E-state index contributed by atoms with van der Waals surface area (Å²) >= 11 is 6.02. The fourth-order valence-electron chi connectivity index (χ4n) is 2.53. The molecule has 28 heavy (non-hydrogen) atoms. The predicted molar refractivity (Wildman–Crippen MR) is 111 cm³/mol. The summed E-state index contributed by atoms with van der Waals surface area (Å²) in [4.78, 5) is 4.45. The highest BCUT2D eigenvalue weighted by atomic mass is 35.5. The predicted octanol–water partition coefficient (Wildman–Crippen LogP) is 5.80. The van der Waals surface area contributed by atoms with Crippen LogP contribution in [-0.2, 0) is 0 Å². The van der Waals surface area contributed by atoms with Gasteiger partial charge in [0.05, 0.1) is 11.9 Å². The molecule has 1 heterocycles. The van der Waals surface area contributed by atoms with E-state index in [4.69, 9.17) is 16.3 Å². The van der Waals surface area contributed by atoms with Crippen LogP contribution < -0.4 is 15.4 Å². The number of nitrogens with one attached hydrogen (secondary N) is 2. The van der Waals surface area contributed by atoms with E-state index in [1.54, 1.807) is 12.3 Å². The van der Waals surface area contributed by atoms with Crippen LogP contribution in [-0.4, -0.2) is 15.2 Å². The number of halogens is 1. The van der Waals surface area contributed by atoms with E-state index in [0.717, 1.165) is 17.1 Å². The van der Waals surface area contributed by atoms with Gasteiger partial charge in [-0.2, -0.15) is 10.1 Å². The lowest BCUT2D eigenvalue weighted by atomic mass is 10.3. The Morgan fingerprint density at radius 2 is 1.64 bits per heavy atom. The summed E-state index contributed by atoms with van der Waals surface area (Å²) < 4.78 is 5.95. The van der Waals surface area contributed by atoms with E-state index in [2.05, 4.69) is 25.8 Å². The number of aromatic nitrogens is 3. The highest BCUT2D eigenvalue weighted by molar-refractivity contribution is 6.30. The highest BCUT2D eigenvalue weighted by Gasteiger charge is 2.08. The first-order valence-corrected chi connectivity index (χ1v) is 8.95. The first-order chi connectivity index (χ1) is 13.8. The SMILES string of the molecule is Clc1cccc(Nc2cnnc(Nc3ccccc3Oc3ccccc3)n2)c1. The fraction of sp³-hybridized carbons (Fsp3) is 0. The molecule has 7 heteroatoms. The molecule has 0 spiro atoms. The van der Waals surface area contributed by atoms with Gasteiger partial charge in [-0.3, -0.25) is 0 Å². The van der Waals surface area contributed by atoms with Crippen molar-refractivity contribution in [2.45, 2.75) is 0 Å². The van der Waals surface area contributed by atoms with Crippen molar-refractivity contribution in [3.8, 4) is 11.5 Å². The van der Waals surface area contributed by atoms with Crippen molar-refractivity contribution in [1.82, 2.24) is 15.2 Å². The molecule has 4 aromatic rings. The Labute approximate surface area is 167 Å². The molecule has 0 unspecified atom stereocenters. The van der Waals surface area contributed by atoms with Gasteiger partial charge in [-0.25, -0.2) is 0 Å². The molecule has 2 N–H and O–H groups in total. The Hall–Kier alpha value is -3.64. The zero-order valence-corrected chi connectivity index (χ0v) is 15.5. The summed E-state index contributed by atoms with van der Waals surface area (Å²) in [5.41, 5.74) is 1.54. The van der Waals surface area contributed by atoms with Gasteiger partial charge in [0.15, 0.2) is 11.6 Å². The van der Waals surface area contributed by atoms with E-state index >= 15 is 0 Å². The minimum atomic E-state index is 0.344. The minimum absolute atomic E-state index is 0.344. The molecule has 1 aromatic heterocycles. The lowest BCUT2D eigenvalue weighted by Gasteiger charge is -2.12. The van der Waals surface area contributed by atoms with Gasteiger partial charge < -0.3 is 15.4 Å². The number of rotatable bonds is 6. The van der Waals surface area contributed by atoms with Gasteiger partial charge in [0, 0.05) is 10.7 Å². The zero-order valence-electron chi connectivity index (χ0n) is 14.7. The standard InChI is InChI=1S/C21H16ClN5O/c22-15-7-6-8-16(13-15)24-20-14-23-27-21(26-20)25-18-11-4-5-12-19(18)28-17-9-2-1-3-10-17/h1-14H,(H2,24,25,26,27). The van der Waals surface area contributed by atoms with Crippen LogP contribution in [0.2, 0.25) is 5.02 Å². The summed E-state index contributed by atoms with van der Waals surface area (Å²) in [6, 6.07) is 24.5. The van der Waals surface area contributed by atoms with Crippen LogP contribution in [0.5, 0.6) is 11.5 Å². The maximum Gasteiger partial charge on any atom is 0.249 e. The quantitative estimate of drug-likeness (QED) is 0.434. The molecule has 0 bridgehead atoms. The van der Waals surface area contributed by atoms with Crippen LogP contribution in [0.25, 0.3) is 0 Å². The van der Waals surface area contributed by atoms with Crippen molar-refractivity contribution in [3.05, 3.63) is 90.1 Å². The zero-order chi connectivity index (χ0) is 19.2. The van der Waals surface area contributed by atoms with Crippen LogP contribution >= 0.6 is 11.6 Å². The third kappa shape index (κ3) is 4.55. The van der Waals surface area contributed by atoms with E-state index in [-0.39, 0.29) is 0 Å². The Morgan fingerprint density at radius 3 is 2.50 bits per heavy atom. The third-order valence-corrected chi connectivity index (χ3v) is 4.00.